The van der Waals surface area contributed by atoms with Crippen LogP contribution < -0.4 is 10.1 Å². The summed E-state index contributed by atoms with van der Waals surface area (Å²) in [5.74, 6) is 0.925. The quantitative estimate of drug-likeness (QED) is 0.698. The summed E-state index contributed by atoms with van der Waals surface area (Å²) in [6, 6.07) is 17.5. The van der Waals surface area contributed by atoms with Gasteiger partial charge in [-0.3, -0.25) is 4.79 Å². The molecule has 0 spiro atoms. The third-order valence-electron chi connectivity index (χ3n) is 3.44. The lowest BCUT2D eigenvalue weighted by Crippen LogP contribution is -2.24. The number of ether oxygens (including phenoxy) is 1. The van der Waals surface area contributed by atoms with Gasteiger partial charge in [0.05, 0.1) is 6.61 Å². The van der Waals surface area contributed by atoms with Crippen LogP contribution in [0.3, 0.4) is 0 Å². The first-order valence-corrected chi connectivity index (χ1v) is 8.31. The van der Waals surface area contributed by atoms with Crippen LogP contribution in [0.5, 0.6) is 5.75 Å². The van der Waals surface area contributed by atoms with E-state index in [1.165, 1.54) is 5.56 Å². The molecule has 0 saturated carbocycles. The van der Waals surface area contributed by atoms with Gasteiger partial charge >= 0.3 is 0 Å². The molecule has 0 atom stereocenters. The lowest BCUT2D eigenvalue weighted by atomic mass is 10.1. The summed E-state index contributed by atoms with van der Waals surface area (Å²) in [6.45, 7) is 1.25. The number of aryl methyl sites for hydroxylation is 1. The maximum absolute atomic E-state index is 11.7. The minimum absolute atomic E-state index is 0.0813. The number of rotatable bonds is 9. The largest absolute Gasteiger partial charge is 0.494 e. The van der Waals surface area contributed by atoms with Crippen molar-refractivity contribution >= 4 is 17.5 Å². The Kier molecular flexibility index (Phi) is 7.47. The number of benzene rings is 2. The lowest BCUT2D eigenvalue weighted by Gasteiger charge is -2.07. The molecule has 0 heterocycles. The topological polar surface area (TPSA) is 38.3 Å². The lowest BCUT2D eigenvalue weighted by molar-refractivity contribution is -0.121. The Balaban J connectivity index is 1.51. The summed E-state index contributed by atoms with van der Waals surface area (Å²) in [7, 11) is 0. The number of halogens is 1. The summed E-state index contributed by atoms with van der Waals surface area (Å²) < 4.78 is 5.56. The van der Waals surface area contributed by atoms with Crippen LogP contribution in [0.4, 0.5) is 0 Å². The number of amides is 1. The van der Waals surface area contributed by atoms with Crippen molar-refractivity contribution < 1.29 is 9.53 Å². The fourth-order valence-corrected chi connectivity index (χ4v) is 2.33. The molecule has 0 aliphatic carbocycles. The molecule has 2 aromatic carbocycles. The van der Waals surface area contributed by atoms with Crippen molar-refractivity contribution in [3.05, 3.63) is 65.2 Å². The van der Waals surface area contributed by atoms with Crippen LogP contribution in [0, 0.1) is 0 Å². The molecule has 4 heteroatoms. The van der Waals surface area contributed by atoms with Crippen molar-refractivity contribution in [2.75, 3.05) is 13.2 Å². The number of hydrogen-bond donors (Lipinski definition) is 1. The van der Waals surface area contributed by atoms with Crippen molar-refractivity contribution in [3.8, 4) is 5.75 Å². The normalized spacial score (nSPS) is 10.3. The molecular formula is C19H22ClNO2. The molecule has 2 aromatic rings. The Labute approximate surface area is 142 Å². The molecule has 23 heavy (non-hydrogen) atoms. The minimum atomic E-state index is 0.0813. The van der Waals surface area contributed by atoms with Crippen LogP contribution in [0.2, 0.25) is 5.02 Å². The zero-order chi connectivity index (χ0) is 16.3. The van der Waals surface area contributed by atoms with E-state index in [1.807, 2.05) is 54.6 Å². The van der Waals surface area contributed by atoms with Gasteiger partial charge in [-0.2, -0.15) is 0 Å². The van der Waals surface area contributed by atoms with Crippen molar-refractivity contribution in [1.29, 1.82) is 0 Å². The fraction of sp³-hybridized carbons (Fsp3) is 0.316. The average molecular weight is 332 g/mol. The molecule has 122 valence electrons. The van der Waals surface area contributed by atoms with E-state index in [2.05, 4.69) is 5.32 Å². The predicted molar refractivity (Wildman–Crippen MR) is 94.0 cm³/mol. The summed E-state index contributed by atoms with van der Waals surface area (Å²) in [5, 5.41) is 3.69. The van der Waals surface area contributed by atoms with E-state index in [0.717, 1.165) is 30.0 Å². The zero-order valence-electron chi connectivity index (χ0n) is 13.1. The molecule has 3 nitrogen and oxygen atoms in total. The van der Waals surface area contributed by atoms with Gasteiger partial charge in [0.2, 0.25) is 5.91 Å². The Bertz CT molecular complexity index is 584. The Morgan fingerprint density at radius 2 is 1.74 bits per heavy atom. The molecule has 0 saturated heterocycles. The first kappa shape index (κ1) is 17.4. The Morgan fingerprint density at radius 1 is 1.00 bits per heavy atom. The molecule has 2 rings (SSSR count). The van der Waals surface area contributed by atoms with Gasteiger partial charge in [-0.15, -0.1) is 0 Å². The molecule has 1 N–H and O–H groups in total. The summed E-state index contributed by atoms with van der Waals surface area (Å²) in [5.41, 5.74) is 1.24. The van der Waals surface area contributed by atoms with Crippen molar-refractivity contribution in [2.24, 2.45) is 0 Å². The van der Waals surface area contributed by atoms with Crippen molar-refractivity contribution in [2.45, 2.75) is 25.7 Å². The Morgan fingerprint density at radius 3 is 2.48 bits per heavy atom. The highest BCUT2D eigenvalue weighted by atomic mass is 35.5. The molecule has 0 aliphatic rings. The van der Waals surface area contributed by atoms with Gasteiger partial charge in [-0.05, 0) is 49.1 Å². The standard InChI is InChI=1S/C19H22ClNO2/c20-17-12-10-16(11-13-17)6-4-14-21-19(22)9-5-15-23-18-7-2-1-3-8-18/h1-3,7-8,10-13H,4-6,9,14-15H2,(H,21,22). The minimum Gasteiger partial charge on any atom is -0.494 e. The third kappa shape index (κ3) is 7.20. The average Bonchev–Trinajstić information content (AvgIpc) is 2.58. The van der Waals surface area contributed by atoms with Crippen LogP contribution in [-0.2, 0) is 11.2 Å². The maximum Gasteiger partial charge on any atom is 0.220 e. The molecule has 0 unspecified atom stereocenters. The van der Waals surface area contributed by atoms with E-state index in [-0.39, 0.29) is 5.91 Å². The van der Waals surface area contributed by atoms with Crippen LogP contribution in [0.1, 0.15) is 24.8 Å². The fourth-order valence-electron chi connectivity index (χ4n) is 2.20. The molecular weight excluding hydrogens is 310 g/mol. The molecule has 1 amide bonds. The van der Waals surface area contributed by atoms with Crippen LogP contribution in [0.25, 0.3) is 0 Å². The number of para-hydroxylation sites is 1. The van der Waals surface area contributed by atoms with E-state index in [1.54, 1.807) is 0 Å². The van der Waals surface area contributed by atoms with E-state index in [0.29, 0.717) is 19.6 Å². The number of nitrogens with one attached hydrogen (secondary N) is 1. The third-order valence-corrected chi connectivity index (χ3v) is 3.69. The van der Waals surface area contributed by atoms with Crippen molar-refractivity contribution in [1.82, 2.24) is 5.32 Å². The van der Waals surface area contributed by atoms with Gasteiger partial charge in [0.1, 0.15) is 5.75 Å². The van der Waals surface area contributed by atoms with Gasteiger partial charge in [0.25, 0.3) is 0 Å². The Hall–Kier alpha value is -2.00. The second kappa shape index (κ2) is 9.90. The number of carbonyl (C=O) groups excluding carboxylic acids is 1. The summed E-state index contributed by atoms with van der Waals surface area (Å²) in [6.07, 6.45) is 3.08. The number of carbonyl (C=O) groups is 1. The second-order valence-corrected chi connectivity index (χ2v) is 5.78. The SMILES string of the molecule is O=C(CCCOc1ccccc1)NCCCc1ccc(Cl)cc1. The van der Waals surface area contributed by atoms with E-state index >= 15 is 0 Å². The molecule has 0 fully saturated rings. The van der Waals surface area contributed by atoms with E-state index < -0.39 is 0 Å². The monoisotopic (exact) mass is 331 g/mol. The summed E-state index contributed by atoms with van der Waals surface area (Å²) in [4.78, 5) is 11.7. The van der Waals surface area contributed by atoms with Crippen LogP contribution in [-0.4, -0.2) is 19.1 Å². The second-order valence-electron chi connectivity index (χ2n) is 5.35. The van der Waals surface area contributed by atoms with Crippen LogP contribution >= 0.6 is 11.6 Å². The van der Waals surface area contributed by atoms with Gasteiger partial charge in [0.15, 0.2) is 0 Å². The first-order valence-electron chi connectivity index (χ1n) is 7.93. The summed E-state index contributed by atoms with van der Waals surface area (Å²) >= 11 is 5.85. The highest BCUT2D eigenvalue weighted by Crippen LogP contribution is 2.11. The highest BCUT2D eigenvalue weighted by molar-refractivity contribution is 6.30. The molecule has 0 bridgehead atoms. The van der Waals surface area contributed by atoms with E-state index in [9.17, 15) is 4.79 Å². The van der Waals surface area contributed by atoms with Crippen molar-refractivity contribution in [3.63, 3.8) is 0 Å². The maximum atomic E-state index is 11.7. The van der Waals surface area contributed by atoms with Gasteiger partial charge in [-0.1, -0.05) is 41.9 Å². The van der Waals surface area contributed by atoms with Gasteiger partial charge in [0, 0.05) is 18.0 Å². The van der Waals surface area contributed by atoms with E-state index in [4.69, 9.17) is 16.3 Å². The molecule has 0 aliphatic heterocycles. The predicted octanol–water partition coefficient (Wildman–Crippen LogP) is 4.25. The molecule has 0 aromatic heterocycles. The highest BCUT2D eigenvalue weighted by Gasteiger charge is 2.01. The molecule has 0 radical (unpaired) electrons. The van der Waals surface area contributed by atoms with Gasteiger partial charge < -0.3 is 10.1 Å². The first-order chi connectivity index (χ1) is 11.2. The van der Waals surface area contributed by atoms with Gasteiger partial charge in [-0.25, -0.2) is 0 Å². The van der Waals surface area contributed by atoms with Crippen LogP contribution in [0.15, 0.2) is 54.6 Å². The number of hydrogen-bond acceptors (Lipinski definition) is 2. The smallest absolute Gasteiger partial charge is 0.220 e. The zero-order valence-corrected chi connectivity index (χ0v) is 13.9.